The predicted octanol–water partition coefficient (Wildman–Crippen LogP) is 8.98. The Bertz CT molecular complexity index is 883. The van der Waals surface area contributed by atoms with Crippen LogP contribution in [0.25, 0.3) is 0 Å². The lowest BCUT2D eigenvalue weighted by atomic mass is 10.4. The Hall–Kier alpha value is -2.77. The number of rotatable bonds is 8. The third-order valence-electron chi connectivity index (χ3n) is 4.53. The lowest BCUT2D eigenvalue weighted by Gasteiger charge is -2.43. The molecule has 0 amide bonds. The highest BCUT2D eigenvalue weighted by Crippen LogP contribution is 2.73. The fraction of sp³-hybridized carbons (Fsp3) is 0.143. The minimum Gasteiger partial charge on any atom is -0.133 e. The molecule has 0 aliphatic carbocycles. The van der Waals surface area contributed by atoms with E-state index in [0.29, 0.717) is 0 Å². The third kappa shape index (κ3) is 5.19. The third-order valence-corrected chi connectivity index (χ3v) is 8.55. The first-order valence-corrected chi connectivity index (χ1v) is 11.7. The normalized spacial score (nSPS) is 14.6. The van der Waals surface area contributed by atoms with Crippen LogP contribution in [0.4, 0.5) is 0 Å². The molecule has 0 N–H and O–H groups in total. The zero-order valence-corrected chi connectivity index (χ0v) is 18.8. The molecule has 0 spiro atoms. The molecule has 0 aromatic heterocycles. The maximum atomic E-state index is 2.27. The smallest absolute Gasteiger partial charge is 0.00228 e. The Balaban J connectivity index is 3.00. The first-order chi connectivity index (χ1) is 14.2. The van der Waals surface area contributed by atoms with Crippen LogP contribution in [0, 0.1) is 0 Å². The van der Waals surface area contributed by atoms with Crippen LogP contribution >= 0.6 is 10.0 Å². The molecule has 2 aromatic rings. The lowest BCUT2D eigenvalue weighted by molar-refractivity contribution is 1.35. The maximum absolute atomic E-state index is 2.27. The van der Waals surface area contributed by atoms with Crippen molar-refractivity contribution in [2.75, 3.05) is 0 Å². The highest BCUT2D eigenvalue weighted by molar-refractivity contribution is 8.40. The van der Waals surface area contributed by atoms with Crippen LogP contribution in [0.2, 0.25) is 0 Å². The van der Waals surface area contributed by atoms with Crippen LogP contribution in [0.5, 0.6) is 0 Å². The molecule has 0 aliphatic rings. The average molecular weight is 401 g/mol. The molecular weight excluding hydrogens is 368 g/mol. The highest BCUT2D eigenvalue weighted by atomic mass is 32.3. The predicted molar refractivity (Wildman–Crippen MR) is 132 cm³/mol. The van der Waals surface area contributed by atoms with E-state index in [1.165, 1.54) is 19.6 Å². The fourth-order valence-electron chi connectivity index (χ4n) is 3.32. The molecule has 0 nitrogen and oxygen atoms in total. The summed E-state index contributed by atoms with van der Waals surface area (Å²) in [5.41, 5.74) is 0. The Morgan fingerprint density at radius 3 is 1.59 bits per heavy atom. The first-order valence-electron chi connectivity index (χ1n) is 10.1. The molecule has 2 aromatic carbocycles. The van der Waals surface area contributed by atoms with E-state index in [4.69, 9.17) is 0 Å². The molecule has 29 heavy (non-hydrogen) atoms. The number of hydrogen-bond donors (Lipinski definition) is 0. The Labute approximate surface area is 178 Å². The summed E-state index contributed by atoms with van der Waals surface area (Å²) in [6.45, 7) is 8.35. The molecule has 150 valence electrons. The van der Waals surface area contributed by atoms with Crippen molar-refractivity contribution in [1.82, 2.24) is 0 Å². The van der Waals surface area contributed by atoms with Gasteiger partial charge in [0.05, 0.1) is 0 Å². The molecule has 0 heterocycles. The molecule has 0 unspecified atom stereocenters. The SMILES string of the molecule is C\C=C/C=C\C(=C/C)S(C(/C=C\C)=C/C=C\C)(c1ccccc1)c1ccccc1. The van der Waals surface area contributed by atoms with E-state index in [1.807, 2.05) is 6.92 Å². The van der Waals surface area contributed by atoms with Gasteiger partial charge in [-0.15, -0.1) is 10.0 Å². The number of allylic oxidation sites excluding steroid dienone is 10. The van der Waals surface area contributed by atoms with Crippen LogP contribution in [0.3, 0.4) is 0 Å². The molecule has 0 bridgehead atoms. The van der Waals surface area contributed by atoms with Gasteiger partial charge in [0.2, 0.25) is 0 Å². The fourth-order valence-corrected chi connectivity index (χ4v) is 7.34. The summed E-state index contributed by atoms with van der Waals surface area (Å²) in [6.07, 6.45) is 21.7. The average Bonchev–Trinajstić information content (AvgIpc) is 2.78. The quantitative estimate of drug-likeness (QED) is 0.388. The Kier molecular flexibility index (Phi) is 9.27. The largest absolute Gasteiger partial charge is 0.133 e. The summed E-state index contributed by atoms with van der Waals surface area (Å²) in [4.78, 5) is 5.30. The van der Waals surface area contributed by atoms with Gasteiger partial charge in [0.25, 0.3) is 0 Å². The van der Waals surface area contributed by atoms with Gasteiger partial charge in [-0.25, -0.2) is 0 Å². The van der Waals surface area contributed by atoms with Gasteiger partial charge in [-0.05, 0) is 69.0 Å². The molecule has 0 aliphatic heterocycles. The molecule has 0 fully saturated rings. The van der Waals surface area contributed by atoms with Gasteiger partial charge in [0.1, 0.15) is 0 Å². The van der Waals surface area contributed by atoms with Crippen LogP contribution in [0.15, 0.2) is 141 Å². The van der Waals surface area contributed by atoms with Crippen LogP contribution in [0.1, 0.15) is 27.7 Å². The molecule has 1 heteroatoms. The van der Waals surface area contributed by atoms with Crippen molar-refractivity contribution in [3.63, 3.8) is 0 Å². The van der Waals surface area contributed by atoms with Crippen LogP contribution < -0.4 is 0 Å². The summed E-state index contributed by atoms with van der Waals surface area (Å²) < 4.78 is 0. The van der Waals surface area contributed by atoms with Gasteiger partial charge in [0, 0.05) is 14.7 Å². The van der Waals surface area contributed by atoms with Crippen molar-refractivity contribution >= 4 is 10.0 Å². The van der Waals surface area contributed by atoms with Crippen molar-refractivity contribution in [1.29, 1.82) is 0 Å². The highest BCUT2D eigenvalue weighted by Gasteiger charge is 2.34. The number of benzene rings is 2. The maximum Gasteiger partial charge on any atom is 0.00228 e. The van der Waals surface area contributed by atoms with E-state index in [9.17, 15) is 0 Å². The summed E-state index contributed by atoms with van der Waals surface area (Å²) in [5, 5.41) is 0. The standard InChI is InChI=1S/C28H32S/c1-5-9-13-20-25(8-4)29(27-21-14-11-15-22-27,28-23-16-12-17-24-28)26(18-7-3)19-10-6-2/h5-24H,1-4H3/b9-5-,10-6-,18-7-,20-13-,25-8+,26-19+. The van der Waals surface area contributed by atoms with E-state index in [2.05, 4.69) is 142 Å². The topological polar surface area (TPSA) is 0 Å². The summed E-state index contributed by atoms with van der Waals surface area (Å²) in [5.74, 6) is 0. The molecule has 0 radical (unpaired) electrons. The van der Waals surface area contributed by atoms with Crippen molar-refractivity contribution in [2.24, 2.45) is 0 Å². The monoisotopic (exact) mass is 400 g/mol. The molecule has 0 saturated carbocycles. The van der Waals surface area contributed by atoms with E-state index in [1.54, 1.807) is 0 Å². The molecular formula is C28H32S. The second-order valence-corrected chi connectivity index (χ2v) is 9.52. The molecule has 0 saturated heterocycles. The molecule has 2 rings (SSSR count). The zero-order chi connectivity index (χ0) is 21.0. The summed E-state index contributed by atoms with van der Waals surface area (Å²) >= 11 is 0. The van der Waals surface area contributed by atoms with Gasteiger partial charge in [-0.2, -0.15) is 0 Å². The minimum absolute atomic E-state index is 1.31. The van der Waals surface area contributed by atoms with Crippen LogP contribution in [-0.4, -0.2) is 0 Å². The molecule has 0 atom stereocenters. The van der Waals surface area contributed by atoms with Gasteiger partial charge < -0.3 is 0 Å². The Morgan fingerprint density at radius 2 is 1.14 bits per heavy atom. The van der Waals surface area contributed by atoms with E-state index < -0.39 is 10.0 Å². The Morgan fingerprint density at radius 1 is 0.586 bits per heavy atom. The van der Waals surface area contributed by atoms with Crippen molar-refractivity contribution < 1.29 is 0 Å². The first kappa shape index (κ1) is 22.5. The summed E-state index contributed by atoms with van der Waals surface area (Å²) in [7, 11) is -1.64. The van der Waals surface area contributed by atoms with Crippen molar-refractivity contribution in [3.05, 3.63) is 131 Å². The summed E-state index contributed by atoms with van der Waals surface area (Å²) in [6, 6.07) is 21.8. The van der Waals surface area contributed by atoms with E-state index in [-0.39, 0.29) is 0 Å². The van der Waals surface area contributed by atoms with Gasteiger partial charge in [0.15, 0.2) is 0 Å². The van der Waals surface area contributed by atoms with Crippen molar-refractivity contribution in [2.45, 2.75) is 37.5 Å². The van der Waals surface area contributed by atoms with Crippen molar-refractivity contribution in [3.8, 4) is 0 Å². The zero-order valence-electron chi connectivity index (χ0n) is 18.0. The number of hydrogen-bond acceptors (Lipinski definition) is 0. The van der Waals surface area contributed by atoms with E-state index >= 15 is 0 Å². The van der Waals surface area contributed by atoms with Crippen LogP contribution in [-0.2, 0) is 0 Å². The second kappa shape index (κ2) is 11.9. The minimum atomic E-state index is -1.64. The van der Waals surface area contributed by atoms with Gasteiger partial charge >= 0.3 is 0 Å². The lowest BCUT2D eigenvalue weighted by Crippen LogP contribution is -2.07. The van der Waals surface area contributed by atoms with E-state index in [0.717, 1.165) is 0 Å². The van der Waals surface area contributed by atoms with Gasteiger partial charge in [-0.1, -0.05) is 85.0 Å². The van der Waals surface area contributed by atoms with Gasteiger partial charge in [-0.3, -0.25) is 0 Å². The second-order valence-electron chi connectivity index (χ2n) is 6.41.